The second kappa shape index (κ2) is 8.13. The van der Waals surface area contributed by atoms with Crippen LogP contribution >= 0.6 is 11.6 Å². The van der Waals surface area contributed by atoms with Gasteiger partial charge in [0.05, 0.1) is 0 Å². The van der Waals surface area contributed by atoms with Crippen LogP contribution < -0.4 is 5.69 Å². The van der Waals surface area contributed by atoms with Gasteiger partial charge in [0.15, 0.2) is 0 Å². The molecule has 144 valence electrons. The van der Waals surface area contributed by atoms with Crippen molar-refractivity contribution in [1.82, 2.24) is 19.2 Å². The maximum absolute atomic E-state index is 12.7. The number of aryl methyl sites for hydroxylation is 1. The Morgan fingerprint density at radius 1 is 1.33 bits per heavy atom. The molecule has 0 spiro atoms. The molecule has 0 bridgehead atoms. The standard InChI is InChI=1S/C20H25ClN4O2/c1-14(2)25-19(22-23(3)20(25)27)16-8-6-12-24(13-16)18(26)11-10-15-7-4-5-9-17(15)21/h4-5,7,9-11,14,16H,6,8,12-13H2,1-3H3/b11-10+. The fraction of sp³-hybridized carbons (Fsp3) is 0.450. The van der Waals surface area contributed by atoms with Crippen molar-refractivity contribution in [3.8, 4) is 0 Å². The summed E-state index contributed by atoms with van der Waals surface area (Å²) in [5.74, 6) is 0.784. The summed E-state index contributed by atoms with van der Waals surface area (Å²) >= 11 is 6.14. The molecule has 3 rings (SSSR count). The quantitative estimate of drug-likeness (QED) is 0.755. The highest BCUT2D eigenvalue weighted by atomic mass is 35.5. The molecule has 0 N–H and O–H groups in total. The van der Waals surface area contributed by atoms with Gasteiger partial charge in [-0.05, 0) is 44.4 Å². The van der Waals surface area contributed by atoms with E-state index < -0.39 is 0 Å². The van der Waals surface area contributed by atoms with E-state index >= 15 is 0 Å². The van der Waals surface area contributed by atoms with Crippen molar-refractivity contribution in [2.24, 2.45) is 7.05 Å². The lowest BCUT2D eigenvalue weighted by Gasteiger charge is -2.32. The van der Waals surface area contributed by atoms with Gasteiger partial charge in [0, 0.05) is 43.2 Å². The first-order valence-corrected chi connectivity index (χ1v) is 9.63. The van der Waals surface area contributed by atoms with Crippen molar-refractivity contribution in [2.45, 2.75) is 38.6 Å². The van der Waals surface area contributed by atoms with Crippen molar-refractivity contribution in [3.05, 3.63) is 57.2 Å². The van der Waals surface area contributed by atoms with Gasteiger partial charge in [-0.15, -0.1) is 0 Å². The van der Waals surface area contributed by atoms with E-state index in [9.17, 15) is 9.59 Å². The van der Waals surface area contributed by atoms with Crippen LogP contribution in [-0.2, 0) is 11.8 Å². The van der Waals surface area contributed by atoms with Crippen LogP contribution in [0, 0.1) is 0 Å². The zero-order chi connectivity index (χ0) is 19.6. The Balaban J connectivity index is 1.77. The van der Waals surface area contributed by atoms with E-state index in [0.29, 0.717) is 18.1 Å². The van der Waals surface area contributed by atoms with Crippen LogP contribution in [0.5, 0.6) is 0 Å². The summed E-state index contributed by atoms with van der Waals surface area (Å²) in [5.41, 5.74) is 0.710. The predicted molar refractivity (Wildman–Crippen MR) is 107 cm³/mol. The van der Waals surface area contributed by atoms with Gasteiger partial charge in [-0.1, -0.05) is 29.8 Å². The molecule has 0 saturated carbocycles. The van der Waals surface area contributed by atoms with Crippen LogP contribution in [0.25, 0.3) is 6.08 Å². The molecule has 1 saturated heterocycles. The van der Waals surface area contributed by atoms with Gasteiger partial charge in [-0.3, -0.25) is 9.36 Å². The number of rotatable bonds is 4. The first-order valence-electron chi connectivity index (χ1n) is 9.25. The highest BCUT2D eigenvalue weighted by molar-refractivity contribution is 6.32. The Morgan fingerprint density at radius 3 is 2.78 bits per heavy atom. The van der Waals surface area contributed by atoms with Crippen molar-refractivity contribution >= 4 is 23.6 Å². The number of amides is 1. The normalized spacial score (nSPS) is 17.8. The Kier molecular flexibility index (Phi) is 5.85. The lowest BCUT2D eigenvalue weighted by atomic mass is 9.96. The number of carbonyl (C=O) groups excluding carboxylic acids is 1. The molecule has 1 aromatic heterocycles. The summed E-state index contributed by atoms with van der Waals surface area (Å²) in [6, 6.07) is 7.46. The van der Waals surface area contributed by atoms with Crippen LogP contribution in [0.3, 0.4) is 0 Å². The van der Waals surface area contributed by atoms with E-state index in [1.54, 1.807) is 29.8 Å². The van der Waals surface area contributed by atoms with E-state index in [-0.39, 0.29) is 23.6 Å². The zero-order valence-electron chi connectivity index (χ0n) is 15.9. The Hall–Kier alpha value is -2.34. The smallest absolute Gasteiger partial charge is 0.338 e. The highest BCUT2D eigenvalue weighted by Gasteiger charge is 2.29. The number of hydrogen-bond donors (Lipinski definition) is 0. The maximum Gasteiger partial charge on any atom is 0.345 e. The van der Waals surface area contributed by atoms with Crippen molar-refractivity contribution in [3.63, 3.8) is 0 Å². The minimum absolute atomic E-state index is 0.0346. The molecule has 2 aromatic rings. The summed E-state index contributed by atoms with van der Waals surface area (Å²) in [6.45, 7) is 5.23. The lowest BCUT2D eigenvalue weighted by molar-refractivity contribution is -0.127. The van der Waals surface area contributed by atoms with Crippen molar-refractivity contribution in [2.75, 3.05) is 13.1 Å². The Labute approximate surface area is 164 Å². The summed E-state index contributed by atoms with van der Waals surface area (Å²) in [6.07, 6.45) is 5.12. The zero-order valence-corrected chi connectivity index (χ0v) is 16.7. The van der Waals surface area contributed by atoms with Gasteiger partial charge < -0.3 is 4.90 Å². The first-order chi connectivity index (χ1) is 12.9. The van der Waals surface area contributed by atoms with Crippen LogP contribution in [0.2, 0.25) is 5.02 Å². The number of benzene rings is 1. The van der Waals surface area contributed by atoms with Gasteiger partial charge in [0.2, 0.25) is 5.91 Å². The molecule has 6 nitrogen and oxygen atoms in total. The molecule has 2 heterocycles. The fourth-order valence-electron chi connectivity index (χ4n) is 3.53. The van der Waals surface area contributed by atoms with Gasteiger partial charge in [0.25, 0.3) is 0 Å². The molecule has 0 radical (unpaired) electrons. The second-order valence-electron chi connectivity index (χ2n) is 7.21. The summed E-state index contributed by atoms with van der Waals surface area (Å²) in [5, 5.41) is 5.07. The molecular formula is C20H25ClN4O2. The third-order valence-corrected chi connectivity index (χ3v) is 5.25. The molecule has 1 aliphatic rings. The van der Waals surface area contributed by atoms with Gasteiger partial charge >= 0.3 is 5.69 Å². The third-order valence-electron chi connectivity index (χ3n) is 4.91. The molecule has 1 amide bonds. The van der Waals surface area contributed by atoms with E-state index in [1.165, 1.54) is 4.68 Å². The van der Waals surface area contributed by atoms with E-state index in [0.717, 1.165) is 24.2 Å². The van der Waals surface area contributed by atoms with Gasteiger partial charge in [0.1, 0.15) is 5.82 Å². The lowest BCUT2D eigenvalue weighted by Crippen LogP contribution is -2.39. The molecular weight excluding hydrogens is 364 g/mol. The molecule has 7 heteroatoms. The summed E-state index contributed by atoms with van der Waals surface area (Å²) < 4.78 is 3.12. The second-order valence-corrected chi connectivity index (χ2v) is 7.61. The number of aromatic nitrogens is 3. The number of hydrogen-bond acceptors (Lipinski definition) is 3. The Morgan fingerprint density at radius 2 is 2.07 bits per heavy atom. The number of nitrogens with zero attached hydrogens (tertiary/aromatic N) is 4. The summed E-state index contributed by atoms with van der Waals surface area (Å²) in [4.78, 5) is 26.8. The predicted octanol–water partition coefficient (Wildman–Crippen LogP) is 3.24. The monoisotopic (exact) mass is 388 g/mol. The number of piperidine rings is 1. The minimum atomic E-state index is -0.109. The molecule has 1 unspecified atom stereocenters. The average molecular weight is 389 g/mol. The van der Waals surface area contributed by atoms with Crippen molar-refractivity contribution in [1.29, 1.82) is 0 Å². The van der Waals surface area contributed by atoms with Crippen LogP contribution in [-0.4, -0.2) is 38.2 Å². The van der Waals surface area contributed by atoms with Crippen LogP contribution in [0.4, 0.5) is 0 Å². The molecule has 1 atom stereocenters. The van der Waals surface area contributed by atoms with E-state index in [2.05, 4.69) is 5.10 Å². The third kappa shape index (κ3) is 4.16. The average Bonchev–Trinajstić information content (AvgIpc) is 2.96. The summed E-state index contributed by atoms with van der Waals surface area (Å²) in [7, 11) is 1.67. The van der Waals surface area contributed by atoms with Crippen LogP contribution in [0.15, 0.2) is 35.1 Å². The molecule has 1 fully saturated rings. The fourth-order valence-corrected chi connectivity index (χ4v) is 3.73. The minimum Gasteiger partial charge on any atom is -0.338 e. The molecule has 1 aromatic carbocycles. The maximum atomic E-state index is 12.7. The van der Waals surface area contributed by atoms with E-state index in [1.807, 2.05) is 36.9 Å². The van der Waals surface area contributed by atoms with Gasteiger partial charge in [-0.2, -0.15) is 5.10 Å². The number of halogens is 1. The highest BCUT2D eigenvalue weighted by Crippen LogP contribution is 2.27. The van der Waals surface area contributed by atoms with Crippen molar-refractivity contribution < 1.29 is 4.79 Å². The molecule has 0 aliphatic carbocycles. The number of likely N-dealkylation sites (tertiary alicyclic amines) is 1. The topological polar surface area (TPSA) is 60.1 Å². The number of carbonyl (C=O) groups is 1. The van der Waals surface area contributed by atoms with Gasteiger partial charge in [-0.25, -0.2) is 9.48 Å². The van der Waals surface area contributed by atoms with E-state index in [4.69, 9.17) is 11.6 Å². The first kappa shape index (κ1) is 19.4. The molecule has 27 heavy (non-hydrogen) atoms. The SMILES string of the molecule is CC(C)n1c(C2CCCN(C(=O)/C=C/c3ccccc3Cl)C2)nn(C)c1=O. The Bertz CT molecular complexity index is 913. The van der Waals surface area contributed by atoms with Crippen LogP contribution in [0.1, 0.15) is 50.0 Å². The largest absolute Gasteiger partial charge is 0.345 e. The molecule has 1 aliphatic heterocycles.